The number of carbonyl (C=O) groups excluding carboxylic acids is 1. The molecule has 1 aromatic carbocycles. The van der Waals surface area contributed by atoms with Crippen molar-refractivity contribution >= 4 is 21.9 Å². The van der Waals surface area contributed by atoms with Gasteiger partial charge in [-0.25, -0.2) is 8.42 Å². The molecule has 7 nitrogen and oxygen atoms in total. The number of nitrogens with one attached hydrogen (secondary N) is 1. The Bertz CT molecular complexity index is 766. The van der Waals surface area contributed by atoms with E-state index in [9.17, 15) is 18.0 Å². The van der Waals surface area contributed by atoms with Crippen LogP contribution in [-0.4, -0.2) is 49.9 Å². The molecule has 1 aliphatic heterocycles. The van der Waals surface area contributed by atoms with Gasteiger partial charge in [0.2, 0.25) is 10.0 Å². The summed E-state index contributed by atoms with van der Waals surface area (Å²) in [6.07, 6.45) is 5.42. The molecule has 1 unspecified atom stereocenters. The maximum atomic E-state index is 12.4. The zero-order valence-corrected chi connectivity index (χ0v) is 13.0. The van der Waals surface area contributed by atoms with Gasteiger partial charge in [0, 0.05) is 18.7 Å². The molecule has 0 spiro atoms. The Balaban J connectivity index is 2.19. The number of carbonyl (C=O) groups is 2. The zero-order chi connectivity index (χ0) is 17.0. The maximum Gasteiger partial charge on any atom is 0.308 e. The van der Waals surface area contributed by atoms with Crippen LogP contribution < -0.4 is 4.72 Å². The Morgan fingerprint density at radius 1 is 1.43 bits per heavy atom. The highest BCUT2D eigenvalue weighted by Gasteiger charge is 2.31. The molecule has 122 valence electrons. The molecule has 0 aromatic heterocycles. The molecule has 1 aliphatic rings. The quantitative estimate of drug-likeness (QED) is 0.745. The second-order valence-corrected chi connectivity index (χ2v) is 6.90. The van der Waals surface area contributed by atoms with Crippen LogP contribution in [0.5, 0.6) is 0 Å². The molecule has 0 saturated carbocycles. The molecular weight excluding hydrogens is 320 g/mol. The van der Waals surface area contributed by atoms with E-state index in [1.807, 2.05) is 0 Å². The number of sulfonamides is 1. The van der Waals surface area contributed by atoms with Gasteiger partial charge in [0.1, 0.15) is 0 Å². The molecule has 1 amide bonds. The molecule has 1 atom stereocenters. The molecule has 0 bridgehead atoms. The summed E-state index contributed by atoms with van der Waals surface area (Å²) in [6.45, 7) is 0.315. The maximum absolute atomic E-state index is 12.4. The van der Waals surface area contributed by atoms with Crippen LogP contribution in [0.2, 0.25) is 0 Å². The molecule has 2 rings (SSSR count). The Hall–Kier alpha value is -2.37. The zero-order valence-electron chi connectivity index (χ0n) is 12.2. The number of nitrogens with zero attached hydrogens (tertiary/aromatic N) is 1. The Kier molecular flexibility index (Phi) is 5.03. The van der Waals surface area contributed by atoms with E-state index in [2.05, 4.69) is 10.6 Å². The summed E-state index contributed by atoms with van der Waals surface area (Å²) in [4.78, 5) is 24.7. The summed E-state index contributed by atoms with van der Waals surface area (Å²) in [6, 6.07) is 5.58. The lowest BCUT2D eigenvalue weighted by Gasteiger charge is -2.16. The first kappa shape index (κ1) is 17.0. The van der Waals surface area contributed by atoms with Gasteiger partial charge < -0.3 is 10.0 Å². The number of hydrogen-bond acceptors (Lipinski definition) is 4. The van der Waals surface area contributed by atoms with E-state index in [4.69, 9.17) is 11.5 Å². The van der Waals surface area contributed by atoms with Crippen molar-refractivity contribution in [3.8, 4) is 12.3 Å². The van der Waals surface area contributed by atoms with Crippen LogP contribution in [0.3, 0.4) is 0 Å². The second-order valence-electron chi connectivity index (χ2n) is 5.13. The number of carboxylic acids is 1. The number of likely N-dealkylation sites (tertiary alicyclic amines) is 1. The fourth-order valence-corrected chi connectivity index (χ4v) is 3.33. The van der Waals surface area contributed by atoms with Gasteiger partial charge >= 0.3 is 5.97 Å². The van der Waals surface area contributed by atoms with E-state index >= 15 is 0 Å². The number of terminal acetylenes is 1. The minimum Gasteiger partial charge on any atom is -0.481 e. The topological polar surface area (TPSA) is 104 Å². The number of benzene rings is 1. The Morgan fingerprint density at radius 2 is 2.17 bits per heavy atom. The molecule has 8 heteroatoms. The van der Waals surface area contributed by atoms with Crippen LogP contribution in [0.4, 0.5) is 0 Å². The number of amides is 1. The van der Waals surface area contributed by atoms with E-state index in [-0.39, 0.29) is 29.5 Å². The molecule has 2 N–H and O–H groups in total. The summed E-state index contributed by atoms with van der Waals surface area (Å²) in [7, 11) is -3.78. The van der Waals surface area contributed by atoms with Crippen molar-refractivity contribution in [3.05, 3.63) is 29.8 Å². The number of hydrogen-bond donors (Lipinski definition) is 2. The van der Waals surface area contributed by atoms with E-state index in [1.165, 1.54) is 29.2 Å². The van der Waals surface area contributed by atoms with E-state index in [0.717, 1.165) is 0 Å². The molecule has 1 fully saturated rings. The highest BCUT2D eigenvalue weighted by Crippen LogP contribution is 2.20. The predicted molar refractivity (Wildman–Crippen MR) is 82.1 cm³/mol. The molecule has 0 aliphatic carbocycles. The highest BCUT2D eigenvalue weighted by atomic mass is 32.2. The second kappa shape index (κ2) is 6.81. The SMILES string of the molecule is C#CCNS(=O)(=O)c1cccc(C(=O)N2CCC(C(=O)O)C2)c1. The first-order valence-corrected chi connectivity index (χ1v) is 8.38. The lowest BCUT2D eigenvalue weighted by atomic mass is 10.1. The van der Waals surface area contributed by atoms with Crippen LogP contribution in [-0.2, 0) is 14.8 Å². The fraction of sp³-hybridized carbons (Fsp3) is 0.333. The van der Waals surface area contributed by atoms with Gasteiger partial charge in [-0.3, -0.25) is 9.59 Å². The first-order valence-electron chi connectivity index (χ1n) is 6.90. The van der Waals surface area contributed by atoms with Crippen molar-refractivity contribution in [2.24, 2.45) is 5.92 Å². The molecule has 0 radical (unpaired) electrons. The van der Waals surface area contributed by atoms with Crippen LogP contribution in [0.15, 0.2) is 29.2 Å². The average molecular weight is 336 g/mol. The van der Waals surface area contributed by atoms with Gasteiger partial charge in [0.15, 0.2) is 0 Å². The van der Waals surface area contributed by atoms with Crippen molar-refractivity contribution < 1.29 is 23.1 Å². The van der Waals surface area contributed by atoms with Gasteiger partial charge in [-0.1, -0.05) is 12.0 Å². The van der Waals surface area contributed by atoms with Gasteiger partial charge in [-0.2, -0.15) is 4.72 Å². The predicted octanol–water partition coefficient (Wildman–Crippen LogP) is 0.145. The third-order valence-electron chi connectivity index (χ3n) is 3.58. The average Bonchev–Trinajstić information content (AvgIpc) is 3.02. The Labute approximate surface area is 134 Å². The summed E-state index contributed by atoms with van der Waals surface area (Å²) in [5, 5.41) is 8.97. The van der Waals surface area contributed by atoms with Gasteiger partial charge in [-0.15, -0.1) is 6.42 Å². The fourth-order valence-electron chi connectivity index (χ4n) is 2.35. The molecule has 1 heterocycles. The minimum absolute atomic E-state index is 0.0624. The van der Waals surface area contributed by atoms with Crippen molar-refractivity contribution in [1.29, 1.82) is 0 Å². The number of aliphatic carboxylic acids is 1. The van der Waals surface area contributed by atoms with E-state index < -0.39 is 21.9 Å². The van der Waals surface area contributed by atoms with Gasteiger partial charge in [-0.05, 0) is 24.6 Å². The smallest absolute Gasteiger partial charge is 0.308 e. The lowest BCUT2D eigenvalue weighted by Crippen LogP contribution is -2.30. The monoisotopic (exact) mass is 336 g/mol. The van der Waals surface area contributed by atoms with Crippen molar-refractivity contribution in [2.75, 3.05) is 19.6 Å². The molecule has 1 saturated heterocycles. The number of carboxylic acid groups (broad SMARTS) is 1. The van der Waals surface area contributed by atoms with E-state index in [1.54, 1.807) is 0 Å². The van der Waals surface area contributed by atoms with Gasteiger partial charge in [0.25, 0.3) is 5.91 Å². The van der Waals surface area contributed by atoms with Crippen molar-refractivity contribution in [2.45, 2.75) is 11.3 Å². The van der Waals surface area contributed by atoms with Crippen LogP contribution >= 0.6 is 0 Å². The van der Waals surface area contributed by atoms with Crippen LogP contribution in [0.25, 0.3) is 0 Å². The van der Waals surface area contributed by atoms with Gasteiger partial charge in [0.05, 0.1) is 17.4 Å². The normalized spacial score (nSPS) is 17.7. The number of rotatable bonds is 5. The molecular formula is C15H16N2O5S. The highest BCUT2D eigenvalue weighted by molar-refractivity contribution is 7.89. The van der Waals surface area contributed by atoms with Crippen LogP contribution in [0, 0.1) is 18.3 Å². The third-order valence-corrected chi connectivity index (χ3v) is 4.98. The summed E-state index contributed by atoms with van der Waals surface area (Å²) < 4.78 is 26.3. The van der Waals surface area contributed by atoms with E-state index in [0.29, 0.717) is 13.0 Å². The standard InChI is InChI=1S/C15H16N2O5S/c1-2-7-16-23(21,22)13-5-3-4-11(9-13)14(18)17-8-6-12(10-17)15(19)20/h1,3-5,9,12,16H,6-8,10H2,(H,19,20). The largest absolute Gasteiger partial charge is 0.481 e. The lowest BCUT2D eigenvalue weighted by molar-refractivity contribution is -0.141. The van der Waals surface area contributed by atoms with Crippen molar-refractivity contribution in [3.63, 3.8) is 0 Å². The summed E-state index contributed by atoms with van der Waals surface area (Å²) in [5.74, 6) is 0.268. The van der Waals surface area contributed by atoms with Crippen LogP contribution in [0.1, 0.15) is 16.8 Å². The minimum atomic E-state index is -3.78. The Morgan fingerprint density at radius 3 is 2.78 bits per heavy atom. The summed E-state index contributed by atoms with van der Waals surface area (Å²) in [5.41, 5.74) is 0.194. The third kappa shape index (κ3) is 3.88. The molecule has 1 aromatic rings. The molecule has 23 heavy (non-hydrogen) atoms. The summed E-state index contributed by atoms with van der Waals surface area (Å²) >= 11 is 0. The first-order chi connectivity index (χ1) is 10.8. The van der Waals surface area contributed by atoms with Crippen molar-refractivity contribution in [1.82, 2.24) is 9.62 Å².